The zero-order valence-corrected chi connectivity index (χ0v) is 14.8. The Labute approximate surface area is 144 Å². The standard InChI is InChI=1S/2C8H6IN/c2*9-7-1-2-8-6(5-7)3-4-10-8/h2*1-5,10H. The van der Waals surface area contributed by atoms with Crippen molar-refractivity contribution in [2.24, 2.45) is 0 Å². The third kappa shape index (κ3) is 3.17. The number of aromatic nitrogens is 2. The molecule has 0 aliphatic heterocycles. The van der Waals surface area contributed by atoms with E-state index in [9.17, 15) is 0 Å². The van der Waals surface area contributed by atoms with E-state index in [1.807, 2.05) is 12.4 Å². The van der Waals surface area contributed by atoms with E-state index in [2.05, 4.69) is 104 Å². The van der Waals surface area contributed by atoms with Crippen LogP contribution in [0.2, 0.25) is 0 Å². The van der Waals surface area contributed by atoms with Crippen LogP contribution in [-0.4, -0.2) is 9.97 Å². The number of rotatable bonds is 0. The lowest BCUT2D eigenvalue weighted by Gasteiger charge is -1.89. The molecule has 0 amide bonds. The summed E-state index contributed by atoms with van der Waals surface area (Å²) in [6.45, 7) is 0. The summed E-state index contributed by atoms with van der Waals surface area (Å²) in [6, 6.07) is 16.9. The van der Waals surface area contributed by atoms with Crippen molar-refractivity contribution in [3.8, 4) is 0 Å². The van der Waals surface area contributed by atoms with Gasteiger partial charge in [-0.05, 0) is 93.7 Å². The third-order valence-electron chi connectivity index (χ3n) is 3.03. The average Bonchev–Trinajstić information content (AvgIpc) is 3.06. The molecule has 2 N–H and O–H groups in total. The zero-order valence-electron chi connectivity index (χ0n) is 10.5. The minimum Gasteiger partial charge on any atom is -0.361 e. The quantitative estimate of drug-likeness (QED) is 0.306. The first-order chi connectivity index (χ1) is 9.72. The molecule has 0 bridgehead atoms. The Morgan fingerprint density at radius 1 is 0.600 bits per heavy atom. The number of halogens is 2. The van der Waals surface area contributed by atoms with Gasteiger partial charge in [-0.2, -0.15) is 0 Å². The second kappa shape index (κ2) is 6.17. The van der Waals surface area contributed by atoms with Gasteiger partial charge in [0, 0.05) is 41.3 Å². The molecule has 0 spiro atoms. The smallest absolute Gasteiger partial charge is 0.0454 e. The van der Waals surface area contributed by atoms with Crippen LogP contribution < -0.4 is 0 Å². The molecule has 4 heteroatoms. The molecule has 0 unspecified atom stereocenters. The van der Waals surface area contributed by atoms with Gasteiger partial charge in [-0.25, -0.2) is 0 Å². The van der Waals surface area contributed by atoms with Gasteiger partial charge in [0.25, 0.3) is 0 Å². The predicted octanol–water partition coefficient (Wildman–Crippen LogP) is 5.55. The van der Waals surface area contributed by atoms with E-state index in [4.69, 9.17) is 0 Å². The van der Waals surface area contributed by atoms with Gasteiger partial charge < -0.3 is 9.97 Å². The second-order valence-electron chi connectivity index (χ2n) is 4.42. The average molecular weight is 486 g/mol. The predicted molar refractivity (Wildman–Crippen MR) is 102 cm³/mol. The SMILES string of the molecule is Ic1ccc2[nH]ccc2c1.Ic1ccc2[nH]ccc2c1. The molecule has 20 heavy (non-hydrogen) atoms. The minimum absolute atomic E-state index is 1.21. The molecule has 4 rings (SSSR count). The first-order valence-corrected chi connectivity index (χ1v) is 8.33. The van der Waals surface area contributed by atoms with Crippen molar-refractivity contribution in [3.05, 3.63) is 68.1 Å². The van der Waals surface area contributed by atoms with Gasteiger partial charge in [0.2, 0.25) is 0 Å². The number of H-pyrrole nitrogens is 2. The van der Waals surface area contributed by atoms with Crippen molar-refractivity contribution in [2.75, 3.05) is 0 Å². The van der Waals surface area contributed by atoms with Crippen LogP contribution in [0.25, 0.3) is 21.8 Å². The second-order valence-corrected chi connectivity index (χ2v) is 6.91. The van der Waals surface area contributed by atoms with Crippen LogP contribution in [0.1, 0.15) is 0 Å². The lowest BCUT2D eigenvalue weighted by atomic mass is 10.3. The zero-order chi connectivity index (χ0) is 13.9. The van der Waals surface area contributed by atoms with Gasteiger partial charge in [0.05, 0.1) is 0 Å². The Kier molecular flexibility index (Phi) is 4.30. The summed E-state index contributed by atoms with van der Waals surface area (Å²) >= 11 is 4.62. The van der Waals surface area contributed by atoms with Crippen molar-refractivity contribution in [1.29, 1.82) is 0 Å². The normalized spacial score (nSPS) is 10.5. The van der Waals surface area contributed by atoms with Crippen LogP contribution >= 0.6 is 45.2 Å². The summed E-state index contributed by atoms with van der Waals surface area (Å²) in [5, 5.41) is 2.57. The highest BCUT2D eigenvalue weighted by molar-refractivity contribution is 14.1. The molecule has 2 aromatic carbocycles. The van der Waals surface area contributed by atoms with Gasteiger partial charge in [0.15, 0.2) is 0 Å². The summed E-state index contributed by atoms with van der Waals surface area (Å²) in [7, 11) is 0. The van der Waals surface area contributed by atoms with Crippen molar-refractivity contribution in [2.45, 2.75) is 0 Å². The van der Waals surface area contributed by atoms with Crippen LogP contribution in [0, 0.1) is 7.14 Å². The molecular weight excluding hydrogens is 474 g/mol. The van der Waals surface area contributed by atoms with E-state index in [0.717, 1.165) is 0 Å². The van der Waals surface area contributed by atoms with Crippen LogP contribution in [0.5, 0.6) is 0 Å². The Morgan fingerprint density at radius 2 is 1.05 bits per heavy atom. The maximum Gasteiger partial charge on any atom is 0.0454 e. The highest BCUT2D eigenvalue weighted by Crippen LogP contribution is 2.15. The maximum absolute atomic E-state index is 3.14. The largest absolute Gasteiger partial charge is 0.361 e. The molecule has 2 heterocycles. The first kappa shape index (κ1) is 13.9. The molecule has 2 nitrogen and oxygen atoms in total. The maximum atomic E-state index is 3.14. The molecule has 0 saturated heterocycles. The summed E-state index contributed by atoms with van der Waals surface area (Å²) in [6.07, 6.45) is 3.92. The number of benzene rings is 2. The molecule has 0 saturated carbocycles. The number of hydrogen-bond acceptors (Lipinski definition) is 0. The Bertz CT molecular complexity index is 774. The number of aromatic amines is 2. The highest BCUT2D eigenvalue weighted by Gasteiger charge is 1.92. The van der Waals surface area contributed by atoms with E-state index in [1.54, 1.807) is 0 Å². The molecule has 100 valence electrons. The van der Waals surface area contributed by atoms with Crippen LogP contribution in [0.4, 0.5) is 0 Å². The molecule has 4 aromatic rings. The fourth-order valence-electron chi connectivity index (χ4n) is 2.05. The molecule has 2 aromatic heterocycles. The fraction of sp³-hybridized carbons (Fsp3) is 0. The lowest BCUT2D eigenvalue weighted by molar-refractivity contribution is 1.48. The topological polar surface area (TPSA) is 31.6 Å². The van der Waals surface area contributed by atoms with Crippen molar-refractivity contribution >= 4 is 67.0 Å². The number of hydrogen-bond donors (Lipinski definition) is 2. The molecule has 0 aliphatic rings. The first-order valence-electron chi connectivity index (χ1n) is 6.18. The lowest BCUT2D eigenvalue weighted by Crippen LogP contribution is -1.68. The number of nitrogens with one attached hydrogen (secondary N) is 2. The third-order valence-corrected chi connectivity index (χ3v) is 4.37. The minimum atomic E-state index is 1.21. The van der Waals surface area contributed by atoms with Crippen molar-refractivity contribution in [3.63, 3.8) is 0 Å². The van der Waals surface area contributed by atoms with Crippen LogP contribution in [0.3, 0.4) is 0 Å². The summed E-state index contributed by atoms with van der Waals surface area (Å²) in [5.41, 5.74) is 2.42. The Morgan fingerprint density at radius 3 is 1.50 bits per heavy atom. The molecule has 0 aliphatic carbocycles. The van der Waals surface area contributed by atoms with E-state index in [-0.39, 0.29) is 0 Å². The van der Waals surface area contributed by atoms with Crippen molar-refractivity contribution in [1.82, 2.24) is 9.97 Å². The van der Waals surface area contributed by atoms with Gasteiger partial charge in [-0.1, -0.05) is 0 Å². The van der Waals surface area contributed by atoms with Gasteiger partial charge in [-0.15, -0.1) is 0 Å². The molecule has 0 atom stereocenters. The summed E-state index contributed by atoms with van der Waals surface area (Å²) < 4.78 is 2.56. The van der Waals surface area contributed by atoms with Gasteiger partial charge in [0.1, 0.15) is 0 Å². The molecular formula is C16H12I2N2. The molecule has 0 radical (unpaired) electrons. The van der Waals surface area contributed by atoms with Crippen LogP contribution in [0.15, 0.2) is 60.9 Å². The molecule has 0 fully saturated rings. The van der Waals surface area contributed by atoms with E-state index >= 15 is 0 Å². The summed E-state index contributed by atoms with van der Waals surface area (Å²) in [5.74, 6) is 0. The van der Waals surface area contributed by atoms with Crippen LogP contribution in [-0.2, 0) is 0 Å². The highest BCUT2D eigenvalue weighted by atomic mass is 127. The monoisotopic (exact) mass is 486 g/mol. The number of fused-ring (bicyclic) bond motifs is 2. The van der Waals surface area contributed by atoms with Crippen molar-refractivity contribution < 1.29 is 0 Å². The van der Waals surface area contributed by atoms with Gasteiger partial charge in [-0.3, -0.25) is 0 Å². The fourth-order valence-corrected chi connectivity index (χ4v) is 3.08. The summed E-state index contributed by atoms with van der Waals surface area (Å²) in [4.78, 5) is 6.29. The van der Waals surface area contributed by atoms with Gasteiger partial charge >= 0.3 is 0 Å². The Balaban J connectivity index is 0.000000121. The van der Waals surface area contributed by atoms with E-state index in [0.29, 0.717) is 0 Å². The van der Waals surface area contributed by atoms with E-state index < -0.39 is 0 Å². The Hall–Kier alpha value is -1.02. The van der Waals surface area contributed by atoms with E-state index in [1.165, 1.54) is 28.9 Å².